The fourth-order valence-electron chi connectivity index (χ4n) is 2.95. The summed E-state index contributed by atoms with van der Waals surface area (Å²) in [5.41, 5.74) is 10.1. The van der Waals surface area contributed by atoms with Gasteiger partial charge in [-0.1, -0.05) is 24.3 Å². The second-order valence-electron chi connectivity index (χ2n) is 5.12. The Morgan fingerprint density at radius 1 is 1.39 bits per heavy atom. The number of hydrogen-bond acceptors (Lipinski definition) is 2. The van der Waals surface area contributed by atoms with E-state index < -0.39 is 0 Å². The number of hydrogen-bond donors (Lipinski definition) is 1. The van der Waals surface area contributed by atoms with Crippen molar-refractivity contribution >= 4 is 0 Å². The van der Waals surface area contributed by atoms with E-state index in [-0.39, 0.29) is 6.04 Å². The maximum Gasteiger partial charge on any atom is 0.0954 e. The first-order valence-corrected chi connectivity index (χ1v) is 6.62. The summed E-state index contributed by atoms with van der Waals surface area (Å²) in [6.45, 7) is 2.02. The molecule has 0 spiro atoms. The topological polar surface area (TPSA) is 43.8 Å². The number of benzene rings is 1. The molecule has 1 aliphatic carbocycles. The second-order valence-corrected chi connectivity index (χ2v) is 5.12. The molecule has 0 fully saturated rings. The Morgan fingerprint density at radius 3 is 3.06 bits per heavy atom. The minimum Gasteiger partial charge on any atom is -0.326 e. The van der Waals surface area contributed by atoms with E-state index in [1.54, 1.807) is 0 Å². The second kappa shape index (κ2) is 4.58. The Morgan fingerprint density at radius 2 is 2.22 bits per heavy atom. The van der Waals surface area contributed by atoms with E-state index in [0.717, 1.165) is 5.69 Å². The van der Waals surface area contributed by atoms with Crippen molar-refractivity contribution in [3.8, 4) is 0 Å². The fourth-order valence-corrected chi connectivity index (χ4v) is 2.95. The number of fused-ring (bicyclic) bond motifs is 1. The molecule has 3 nitrogen and oxygen atoms in total. The molecule has 0 bridgehead atoms. The van der Waals surface area contributed by atoms with Gasteiger partial charge < -0.3 is 10.3 Å². The van der Waals surface area contributed by atoms with Gasteiger partial charge in [-0.2, -0.15) is 0 Å². The van der Waals surface area contributed by atoms with Crippen LogP contribution in [0.3, 0.4) is 0 Å². The molecule has 0 aliphatic heterocycles. The number of nitrogens with zero attached hydrogens (tertiary/aromatic N) is 2. The molecule has 2 N–H and O–H groups in total. The molecule has 3 heteroatoms. The van der Waals surface area contributed by atoms with Crippen LogP contribution >= 0.6 is 0 Å². The van der Waals surface area contributed by atoms with Crippen LogP contribution in [0, 0.1) is 0 Å². The van der Waals surface area contributed by atoms with Crippen LogP contribution in [-0.4, -0.2) is 9.55 Å². The summed E-state index contributed by atoms with van der Waals surface area (Å²) in [6, 6.07) is 9.16. The first-order chi connectivity index (χ1) is 8.77. The van der Waals surface area contributed by atoms with E-state index in [0.29, 0.717) is 6.04 Å². The molecule has 1 heterocycles. The van der Waals surface area contributed by atoms with E-state index in [1.165, 1.54) is 30.4 Å². The van der Waals surface area contributed by atoms with Crippen molar-refractivity contribution in [1.29, 1.82) is 0 Å². The van der Waals surface area contributed by atoms with Gasteiger partial charge in [0.05, 0.1) is 18.1 Å². The average Bonchev–Trinajstić information content (AvgIpc) is 2.87. The van der Waals surface area contributed by atoms with Crippen molar-refractivity contribution in [2.45, 2.75) is 38.3 Å². The fraction of sp³-hybridized carbons (Fsp3) is 0.400. The van der Waals surface area contributed by atoms with Crippen LogP contribution in [0.15, 0.2) is 36.8 Å². The lowest BCUT2D eigenvalue weighted by molar-refractivity contribution is 0.469. The zero-order chi connectivity index (χ0) is 12.5. The summed E-state index contributed by atoms with van der Waals surface area (Å²) in [4.78, 5) is 4.27. The number of imidazole rings is 1. The molecule has 0 amide bonds. The molecule has 2 aromatic rings. The molecular formula is C15H19N3. The van der Waals surface area contributed by atoms with Crippen LogP contribution in [0.4, 0.5) is 0 Å². The summed E-state index contributed by atoms with van der Waals surface area (Å²) in [7, 11) is 0. The molecule has 0 saturated heterocycles. The Labute approximate surface area is 108 Å². The number of aryl methyl sites for hydroxylation is 1. The highest BCUT2D eigenvalue weighted by atomic mass is 15.1. The predicted octanol–water partition coefficient (Wildman–Crippen LogP) is 2.83. The number of aromatic nitrogens is 2. The lowest BCUT2D eigenvalue weighted by atomic mass is 9.87. The molecule has 1 aliphatic rings. The van der Waals surface area contributed by atoms with Gasteiger partial charge in [0.25, 0.3) is 0 Å². The lowest BCUT2D eigenvalue weighted by Gasteiger charge is -2.28. The smallest absolute Gasteiger partial charge is 0.0954 e. The van der Waals surface area contributed by atoms with Crippen molar-refractivity contribution in [1.82, 2.24) is 9.55 Å². The van der Waals surface area contributed by atoms with Crippen molar-refractivity contribution in [2.75, 3.05) is 0 Å². The molecule has 3 rings (SSSR count). The maximum absolute atomic E-state index is 6.02. The zero-order valence-electron chi connectivity index (χ0n) is 10.7. The Balaban J connectivity index is 2.06. The zero-order valence-corrected chi connectivity index (χ0v) is 10.7. The van der Waals surface area contributed by atoms with E-state index in [1.807, 2.05) is 19.4 Å². The Bertz CT molecular complexity index is 542. The van der Waals surface area contributed by atoms with Gasteiger partial charge in [-0.3, -0.25) is 0 Å². The summed E-state index contributed by atoms with van der Waals surface area (Å²) in [6.07, 6.45) is 7.41. The first-order valence-electron chi connectivity index (χ1n) is 6.62. The monoisotopic (exact) mass is 241 g/mol. The van der Waals surface area contributed by atoms with Gasteiger partial charge in [-0.25, -0.2) is 4.98 Å². The molecule has 0 saturated carbocycles. The van der Waals surface area contributed by atoms with Crippen LogP contribution < -0.4 is 5.73 Å². The summed E-state index contributed by atoms with van der Waals surface area (Å²) < 4.78 is 2.25. The van der Waals surface area contributed by atoms with Crippen LogP contribution in [0.1, 0.15) is 48.7 Å². The highest BCUT2D eigenvalue weighted by Crippen LogP contribution is 2.34. The van der Waals surface area contributed by atoms with E-state index in [9.17, 15) is 0 Å². The van der Waals surface area contributed by atoms with Crippen molar-refractivity contribution in [3.63, 3.8) is 0 Å². The lowest BCUT2D eigenvalue weighted by Crippen LogP contribution is -2.21. The third kappa shape index (κ3) is 1.85. The minimum atomic E-state index is 0.0292. The third-order valence-corrected chi connectivity index (χ3v) is 3.84. The van der Waals surface area contributed by atoms with Gasteiger partial charge in [0.2, 0.25) is 0 Å². The summed E-state index contributed by atoms with van der Waals surface area (Å²) in [5, 5.41) is 0. The van der Waals surface area contributed by atoms with E-state index >= 15 is 0 Å². The van der Waals surface area contributed by atoms with Crippen LogP contribution in [0.2, 0.25) is 0 Å². The van der Waals surface area contributed by atoms with E-state index in [4.69, 9.17) is 5.73 Å². The number of nitrogens with two attached hydrogens (primary N) is 1. The molecular weight excluding hydrogens is 222 g/mol. The highest BCUT2D eigenvalue weighted by molar-refractivity contribution is 5.33. The van der Waals surface area contributed by atoms with Crippen LogP contribution in [0.5, 0.6) is 0 Å². The van der Waals surface area contributed by atoms with Gasteiger partial charge in [-0.05, 0) is 37.3 Å². The summed E-state index contributed by atoms with van der Waals surface area (Å²) in [5.74, 6) is 0. The molecule has 0 radical (unpaired) electrons. The normalized spacial score (nSPS) is 20.4. The quantitative estimate of drug-likeness (QED) is 0.878. The molecule has 2 atom stereocenters. The van der Waals surface area contributed by atoms with Crippen molar-refractivity contribution < 1.29 is 0 Å². The third-order valence-electron chi connectivity index (χ3n) is 3.84. The molecule has 18 heavy (non-hydrogen) atoms. The highest BCUT2D eigenvalue weighted by Gasteiger charge is 2.23. The molecule has 1 unspecified atom stereocenters. The van der Waals surface area contributed by atoms with Crippen LogP contribution in [0.25, 0.3) is 0 Å². The Hall–Kier alpha value is -1.61. The van der Waals surface area contributed by atoms with E-state index in [2.05, 4.69) is 33.8 Å². The Kier molecular flexibility index (Phi) is 2.92. The van der Waals surface area contributed by atoms with Crippen LogP contribution in [-0.2, 0) is 6.42 Å². The molecule has 1 aromatic carbocycles. The SMILES string of the molecule is C[C@H](N)c1cncn1C1CCCc2ccccc21. The van der Waals surface area contributed by atoms with Gasteiger partial charge in [0.1, 0.15) is 0 Å². The predicted molar refractivity (Wildman–Crippen MR) is 72.3 cm³/mol. The van der Waals surface area contributed by atoms with Gasteiger partial charge in [0.15, 0.2) is 0 Å². The number of rotatable bonds is 2. The minimum absolute atomic E-state index is 0.0292. The van der Waals surface area contributed by atoms with Gasteiger partial charge in [0, 0.05) is 12.2 Å². The maximum atomic E-state index is 6.02. The standard InChI is InChI=1S/C15H19N3/c1-11(16)15-9-17-10-18(15)14-8-4-6-12-5-2-3-7-13(12)14/h2-3,5,7,9-11,14H,4,6,8,16H2,1H3/t11-,14?/m0/s1. The van der Waals surface area contributed by atoms with Crippen molar-refractivity contribution in [2.24, 2.45) is 5.73 Å². The summed E-state index contributed by atoms with van der Waals surface area (Å²) >= 11 is 0. The van der Waals surface area contributed by atoms with Crippen molar-refractivity contribution in [3.05, 3.63) is 53.6 Å². The first kappa shape index (κ1) is 11.5. The molecule has 94 valence electrons. The molecule has 1 aromatic heterocycles. The van der Waals surface area contributed by atoms with Gasteiger partial charge in [-0.15, -0.1) is 0 Å². The van der Waals surface area contributed by atoms with Gasteiger partial charge >= 0.3 is 0 Å². The largest absolute Gasteiger partial charge is 0.326 e. The average molecular weight is 241 g/mol.